The van der Waals surface area contributed by atoms with Crippen LogP contribution in [0.3, 0.4) is 0 Å². The largest absolute Gasteiger partial charge is 0.490 e. The summed E-state index contributed by atoms with van der Waals surface area (Å²) in [7, 11) is 0. The van der Waals surface area contributed by atoms with Crippen LogP contribution >= 0.6 is 0 Å². The summed E-state index contributed by atoms with van der Waals surface area (Å²) in [5, 5.41) is 0. The van der Waals surface area contributed by atoms with Crippen molar-refractivity contribution >= 4 is 5.97 Å². The number of unbranched alkanes of at least 4 members (excludes halogenated alkanes) is 3. The molecule has 3 rings (SSSR count). The van der Waals surface area contributed by atoms with Crippen LogP contribution in [0.4, 0.5) is 8.78 Å². The van der Waals surface area contributed by atoms with Crippen LogP contribution in [-0.4, -0.2) is 12.6 Å². The number of esters is 1. The zero-order valence-corrected chi connectivity index (χ0v) is 17.5. The van der Waals surface area contributed by atoms with E-state index in [0.29, 0.717) is 18.3 Å². The summed E-state index contributed by atoms with van der Waals surface area (Å²) in [6, 6.07) is 9.75. The molecule has 1 fully saturated rings. The summed E-state index contributed by atoms with van der Waals surface area (Å²) < 4.78 is 39.2. The average Bonchev–Trinajstić information content (AvgIpc) is 2.77. The van der Waals surface area contributed by atoms with Gasteiger partial charge in [-0.05, 0) is 74.3 Å². The smallest absolute Gasteiger partial charge is 0.346 e. The molecule has 0 atom stereocenters. The van der Waals surface area contributed by atoms with Gasteiger partial charge < -0.3 is 9.47 Å². The second kappa shape index (κ2) is 11.1. The number of hydrogen-bond donors (Lipinski definition) is 0. The third-order valence-corrected chi connectivity index (χ3v) is 5.52. The van der Waals surface area contributed by atoms with Crippen molar-refractivity contribution in [1.29, 1.82) is 0 Å². The van der Waals surface area contributed by atoms with Crippen LogP contribution in [0.2, 0.25) is 0 Å². The van der Waals surface area contributed by atoms with E-state index in [0.717, 1.165) is 51.4 Å². The Hall–Kier alpha value is -2.43. The summed E-state index contributed by atoms with van der Waals surface area (Å²) >= 11 is 0. The van der Waals surface area contributed by atoms with Crippen LogP contribution in [0.15, 0.2) is 36.4 Å². The van der Waals surface area contributed by atoms with E-state index in [-0.39, 0.29) is 5.75 Å². The van der Waals surface area contributed by atoms with Gasteiger partial charge in [-0.1, -0.05) is 38.3 Å². The molecule has 0 bridgehead atoms. The van der Waals surface area contributed by atoms with Gasteiger partial charge in [-0.2, -0.15) is 4.39 Å². The van der Waals surface area contributed by atoms with E-state index < -0.39 is 23.2 Å². The van der Waals surface area contributed by atoms with Crippen molar-refractivity contribution in [3.05, 3.63) is 65.6 Å². The zero-order chi connectivity index (χ0) is 21.3. The van der Waals surface area contributed by atoms with Crippen molar-refractivity contribution in [3.63, 3.8) is 0 Å². The van der Waals surface area contributed by atoms with Crippen LogP contribution in [0.5, 0.6) is 11.5 Å². The molecular weight excluding hydrogens is 386 g/mol. The maximum absolute atomic E-state index is 14.4. The fraction of sp³-hybridized carbons (Fsp3) is 0.440. The third kappa shape index (κ3) is 5.80. The predicted molar refractivity (Wildman–Crippen MR) is 113 cm³/mol. The Bertz CT molecular complexity index is 827. The van der Waals surface area contributed by atoms with Gasteiger partial charge in [0, 0.05) is 0 Å². The fourth-order valence-electron chi connectivity index (χ4n) is 3.74. The lowest BCUT2D eigenvalue weighted by atomic mass is 9.84. The van der Waals surface area contributed by atoms with Crippen molar-refractivity contribution in [3.8, 4) is 11.5 Å². The minimum atomic E-state index is -1.25. The molecule has 2 aromatic rings. The summed E-state index contributed by atoms with van der Waals surface area (Å²) in [5.41, 5.74) is 0.762. The normalized spacial score (nSPS) is 14.5. The highest BCUT2D eigenvalue weighted by atomic mass is 19.2. The molecular formula is C25H29F2O3. The van der Waals surface area contributed by atoms with Crippen LogP contribution in [-0.2, 0) is 0 Å². The van der Waals surface area contributed by atoms with E-state index in [2.05, 4.69) is 13.3 Å². The molecule has 0 aromatic heterocycles. The molecule has 0 saturated heterocycles. The van der Waals surface area contributed by atoms with Crippen LogP contribution in [0.25, 0.3) is 0 Å². The van der Waals surface area contributed by atoms with Gasteiger partial charge in [-0.3, -0.25) is 0 Å². The summed E-state index contributed by atoms with van der Waals surface area (Å²) in [5.74, 6) is -2.70. The van der Waals surface area contributed by atoms with Crippen molar-refractivity contribution in [2.24, 2.45) is 0 Å². The molecule has 1 aliphatic rings. The third-order valence-electron chi connectivity index (χ3n) is 5.52. The number of halogens is 2. The Labute approximate surface area is 177 Å². The van der Waals surface area contributed by atoms with Crippen LogP contribution in [0, 0.1) is 18.1 Å². The maximum atomic E-state index is 14.4. The molecule has 0 amide bonds. The van der Waals surface area contributed by atoms with Crippen molar-refractivity contribution in [2.45, 2.75) is 64.2 Å². The minimum Gasteiger partial charge on any atom is -0.490 e. The van der Waals surface area contributed by atoms with E-state index in [1.165, 1.54) is 17.7 Å². The quantitative estimate of drug-likeness (QED) is 0.251. The standard InChI is InChI=1S/C25H29F2O3/c1-2-3-4-8-17-29-22-16-15-21(23(26)24(22)27)25(28)30-20-13-11-19(12-14-20)18-9-6-5-7-10-18/h5,11-16,18H,2-4,6-10,17H2,1H3. The molecule has 161 valence electrons. The SMILES string of the molecule is CCCCCCOc1ccc(C(=O)Oc2ccc(C3CC[CH]CC3)cc2)c(F)c1F. The molecule has 30 heavy (non-hydrogen) atoms. The molecule has 1 aliphatic carbocycles. The number of rotatable bonds is 9. The predicted octanol–water partition coefficient (Wildman–Crippen LogP) is 7.00. The second-order valence-corrected chi connectivity index (χ2v) is 7.75. The Balaban J connectivity index is 1.60. The molecule has 0 N–H and O–H groups in total. The molecule has 0 unspecified atom stereocenters. The van der Waals surface area contributed by atoms with E-state index in [1.54, 1.807) is 12.1 Å². The summed E-state index contributed by atoms with van der Waals surface area (Å²) in [6.45, 7) is 2.41. The maximum Gasteiger partial charge on any atom is 0.346 e. The summed E-state index contributed by atoms with van der Waals surface area (Å²) in [6.07, 6.45) is 10.7. The number of ether oxygens (including phenoxy) is 2. The minimum absolute atomic E-state index is 0.186. The fourth-order valence-corrected chi connectivity index (χ4v) is 3.74. The molecule has 2 aromatic carbocycles. The number of carbonyl (C=O) groups is 1. The summed E-state index contributed by atoms with van der Waals surface area (Å²) in [4.78, 5) is 12.3. The van der Waals surface area contributed by atoms with Gasteiger partial charge in [-0.15, -0.1) is 0 Å². The molecule has 1 saturated carbocycles. The highest BCUT2D eigenvalue weighted by molar-refractivity contribution is 5.91. The first-order valence-electron chi connectivity index (χ1n) is 10.8. The van der Waals surface area contributed by atoms with Crippen molar-refractivity contribution < 1.29 is 23.0 Å². The van der Waals surface area contributed by atoms with Crippen LogP contribution in [0.1, 0.15) is 80.1 Å². The Kier molecular flexibility index (Phi) is 8.23. The van der Waals surface area contributed by atoms with E-state index in [1.807, 2.05) is 12.1 Å². The van der Waals surface area contributed by atoms with Gasteiger partial charge in [0.05, 0.1) is 12.2 Å². The molecule has 0 aliphatic heterocycles. The number of carbonyl (C=O) groups excluding carboxylic acids is 1. The van der Waals surface area contributed by atoms with E-state index in [4.69, 9.17) is 9.47 Å². The molecule has 3 nitrogen and oxygen atoms in total. The Morgan fingerprint density at radius 2 is 1.70 bits per heavy atom. The van der Waals surface area contributed by atoms with E-state index in [9.17, 15) is 13.6 Å². The molecule has 1 radical (unpaired) electrons. The second-order valence-electron chi connectivity index (χ2n) is 7.75. The average molecular weight is 416 g/mol. The zero-order valence-electron chi connectivity index (χ0n) is 17.5. The molecule has 5 heteroatoms. The van der Waals surface area contributed by atoms with E-state index >= 15 is 0 Å². The van der Waals surface area contributed by atoms with Gasteiger partial charge in [0.15, 0.2) is 11.6 Å². The van der Waals surface area contributed by atoms with Crippen molar-refractivity contribution in [1.82, 2.24) is 0 Å². The molecule has 0 heterocycles. The van der Waals surface area contributed by atoms with Gasteiger partial charge in [0.2, 0.25) is 5.82 Å². The monoisotopic (exact) mass is 415 g/mol. The number of hydrogen-bond acceptors (Lipinski definition) is 3. The first-order chi connectivity index (χ1) is 14.6. The highest BCUT2D eigenvalue weighted by Crippen LogP contribution is 2.33. The Morgan fingerprint density at radius 1 is 0.967 bits per heavy atom. The van der Waals surface area contributed by atoms with Crippen molar-refractivity contribution in [2.75, 3.05) is 6.61 Å². The Morgan fingerprint density at radius 3 is 2.40 bits per heavy atom. The lowest BCUT2D eigenvalue weighted by Gasteiger charge is -2.21. The highest BCUT2D eigenvalue weighted by Gasteiger charge is 2.21. The topological polar surface area (TPSA) is 35.5 Å². The van der Waals surface area contributed by atoms with Crippen LogP contribution < -0.4 is 9.47 Å². The lowest BCUT2D eigenvalue weighted by Crippen LogP contribution is -2.13. The first kappa shape index (κ1) is 22.3. The molecule has 0 spiro atoms. The van der Waals surface area contributed by atoms with Gasteiger partial charge in [-0.25, -0.2) is 9.18 Å². The van der Waals surface area contributed by atoms with Gasteiger partial charge in [0.25, 0.3) is 0 Å². The number of benzene rings is 2. The first-order valence-corrected chi connectivity index (χ1v) is 10.8. The lowest BCUT2D eigenvalue weighted by molar-refractivity contribution is 0.0728. The van der Waals surface area contributed by atoms with Gasteiger partial charge in [0.1, 0.15) is 5.75 Å². The van der Waals surface area contributed by atoms with Gasteiger partial charge >= 0.3 is 5.97 Å².